The van der Waals surface area contributed by atoms with Crippen LogP contribution in [-0.2, 0) is 12.8 Å². The highest BCUT2D eigenvalue weighted by Gasteiger charge is 2.19. The number of aromatic nitrogens is 2. The molecule has 1 aliphatic carbocycles. The lowest BCUT2D eigenvalue weighted by molar-refractivity contribution is 0.900. The SMILES string of the molecule is CNc1nc(-c2ccccc2Cl)nc2c1CCC2. The minimum absolute atomic E-state index is 0.692. The molecule has 1 aromatic heterocycles. The molecule has 0 saturated heterocycles. The van der Waals surface area contributed by atoms with Crippen LogP contribution in [0.2, 0.25) is 5.02 Å². The molecule has 1 aromatic carbocycles. The summed E-state index contributed by atoms with van der Waals surface area (Å²) in [6.07, 6.45) is 3.25. The zero-order valence-electron chi connectivity index (χ0n) is 10.2. The van der Waals surface area contributed by atoms with Crippen molar-refractivity contribution in [2.24, 2.45) is 0 Å². The molecule has 1 N–H and O–H groups in total. The van der Waals surface area contributed by atoms with Gasteiger partial charge in [0.05, 0.1) is 5.02 Å². The van der Waals surface area contributed by atoms with E-state index in [1.165, 1.54) is 5.56 Å². The predicted octanol–water partition coefficient (Wildman–Crippen LogP) is 3.33. The van der Waals surface area contributed by atoms with Crippen molar-refractivity contribution >= 4 is 17.4 Å². The van der Waals surface area contributed by atoms with Crippen molar-refractivity contribution in [1.29, 1.82) is 0 Å². The van der Waals surface area contributed by atoms with Crippen LogP contribution in [0.4, 0.5) is 5.82 Å². The Kier molecular flexibility index (Phi) is 2.92. The Morgan fingerprint density at radius 2 is 2.00 bits per heavy atom. The molecule has 1 heterocycles. The zero-order chi connectivity index (χ0) is 12.5. The van der Waals surface area contributed by atoms with E-state index in [-0.39, 0.29) is 0 Å². The van der Waals surface area contributed by atoms with E-state index in [2.05, 4.69) is 15.3 Å². The topological polar surface area (TPSA) is 37.8 Å². The molecular weight excluding hydrogens is 246 g/mol. The van der Waals surface area contributed by atoms with E-state index >= 15 is 0 Å². The molecule has 92 valence electrons. The summed E-state index contributed by atoms with van der Waals surface area (Å²) in [6, 6.07) is 7.69. The summed E-state index contributed by atoms with van der Waals surface area (Å²) in [4.78, 5) is 9.24. The highest BCUT2D eigenvalue weighted by molar-refractivity contribution is 6.33. The molecule has 1 aliphatic rings. The Morgan fingerprint density at radius 3 is 2.78 bits per heavy atom. The molecule has 0 fully saturated rings. The van der Waals surface area contributed by atoms with Crippen LogP contribution in [0.5, 0.6) is 0 Å². The number of halogens is 1. The minimum Gasteiger partial charge on any atom is -0.373 e. The number of fused-ring (bicyclic) bond motifs is 1. The van der Waals surface area contributed by atoms with E-state index in [0.29, 0.717) is 10.8 Å². The molecule has 4 heteroatoms. The molecule has 0 aliphatic heterocycles. The van der Waals surface area contributed by atoms with E-state index in [0.717, 1.165) is 36.3 Å². The molecule has 0 spiro atoms. The average Bonchev–Trinajstić information content (AvgIpc) is 2.86. The quantitative estimate of drug-likeness (QED) is 0.899. The maximum Gasteiger partial charge on any atom is 0.163 e. The van der Waals surface area contributed by atoms with Gasteiger partial charge in [0.25, 0.3) is 0 Å². The highest BCUT2D eigenvalue weighted by Crippen LogP contribution is 2.31. The first-order valence-corrected chi connectivity index (χ1v) is 6.50. The summed E-state index contributed by atoms with van der Waals surface area (Å²) >= 11 is 6.20. The first-order chi connectivity index (χ1) is 8.79. The van der Waals surface area contributed by atoms with E-state index in [1.807, 2.05) is 31.3 Å². The first-order valence-electron chi connectivity index (χ1n) is 6.12. The van der Waals surface area contributed by atoms with Crippen LogP contribution in [0, 0.1) is 0 Å². The van der Waals surface area contributed by atoms with Gasteiger partial charge in [0.1, 0.15) is 5.82 Å². The molecule has 0 radical (unpaired) electrons. The number of hydrogen-bond donors (Lipinski definition) is 1. The van der Waals surface area contributed by atoms with Crippen LogP contribution in [0.25, 0.3) is 11.4 Å². The number of benzene rings is 1. The van der Waals surface area contributed by atoms with Crippen molar-refractivity contribution in [2.45, 2.75) is 19.3 Å². The van der Waals surface area contributed by atoms with Gasteiger partial charge in [-0.3, -0.25) is 0 Å². The van der Waals surface area contributed by atoms with Gasteiger partial charge in [-0.1, -0.05) is 23.7 Å². The molecule has 3 rings (SSSR count). The van der Waals surface area contributed by atoms with Crippen LogP contribution in [0.3, 0.4) is 0 Å². The van der Waals surface area contributed by atoms with Gasteiger partial charge in [-0.05, 0) is 31.4 Å². The molecular formula is C14H14ClN3. The molecule has 3 nitrogen and oxygen atoms in total. The third-order valence-corrected chi connectivity index (χ3v) is 3.61. The molecule has 0 bridgehead atoms. The normalized spacial score (nSPS) is 13.4. The van der Waals surface area contributed by atoms with E-state index in [4.69, 9.17) is 11.6 Å². The van der Waals surface area contributed by atoms with Crippen LogP contribution in [0.1, 0.15) is 17.7 Å². The summed E-state index contributed by atoms with van der Waals surface area (Å²) in [7, 11) is 1.90. The molecule has 0 atom stereocenters. The Hall–Kier alpha value is -1.61. The molecule has 2 aromatic rings. The first kappa shape index (κ1) is 11.5. The highest BCUT2D eigenvalue weighted by atomic mass is 35.5. The van der Waals surface area contributed by atoms with Crippen LogP contribution in [0.15, 0.2) is 24.3 Å². The third kappa shape index (κ3) is 1.85. The lowest BCUT2D eigenvalue weighted by atomic mass is 10.2. The summed E-state index contributed by atoms with van der Waals surface area (Å²) in [5.41, 5.74) is 3.31. The third-order valence-electron chi connectivity index (χ3n) is 3.28. The number of aryl methyl sites for hydroxylation is 1. The molecule has 0 saturated carbocycles. The van der Waals surface area contributed by atoms with Gasteiger partial charge in [0, 0.05) is 23.9 Å². The fourth-order valence-corrected chi connectivity index (χ4v) is 2.62. The zero-order valence-corrected chi connectivity index (χ0v) is 11.0. The number of anilines is 1. The van der Waals surface area contributed by atoms with Gasteiger partial charge in [-0.2, -0.15) is 0 Å². The van der Waals surface area contributed by atoms with Crippen molar-refractivity contribution in [3.05, 3.63) is 40.5 Å². The van der Waals surface area contributed by atoms with Gasteiger partial charge in [-0.15, -0.1) is 0 Å². The molecule has 0 amide bonds. The van der Waals surface area contributed by atoms with Crippen molar-refractivity contribution < 1.29 is 0 Å². The van der Waals surface area contributed by atoms with E-state index in [1.54, 1.807) is 0 Å². The minimum atomic E-state index is 0.692. The van der Waals surface area contributed by atoms with Crippen molar-refractivity contribution in [3.63, 3.8) is 0 Å². The lowest BCUT2D eigenvalue weighted by Gasteiger charge is -2.10. The maximum atomic E-state index is 6.20. The summed E-state index contributed by atoms with van der Waals surface area (Å²) in [6.45, 7) is 0. The van der Waals surface area contributed by atoms with E-state index < -0.39 is 0 Å². The predicted molar refractivity (Wildman–Crippen MR) is 74.0 cm³/mol. The lowest BCUT2D eigenvalue weighted by Crippen LogP contribution is -2.03. The number of nitrogens with zero attached hydrogens (tertiary/aromatic N) is 2. The second kappa shape index (κ2) is 4.58. The van der Waals surface area contributed by atoms with Crippen molar-refractivity contribution in [3.8, 4) is 11.4 Å². The average molecular weight is 260 g/mol. The number of nitrogens with one attached hydrogen (secondary N) is 1. The van der Waals surface area contributed by atoms with Gasteiger partial charge < -0.3 is 5.32 Å². The van der Waals surface area contributed by atoms with Crippen LogP contribution >= 0.6 is 11.6 Å². The largest absolute Gasteiger partial charge is 0.373 e. The Balaban J connectivity index is 2.17. The smallest absolute Gasteiger partial charge is 0.163 e. The Labute approximate surface area is 111 Å². The van der Waals surface area contributed by atoms with Gasteiger partial charge >= 0.3 is 0 Å². The fraction of sp³-hybridized carbons (Fsp3) is 0.286. The Morgan fingerprint density at radius 1 is 1.17 bits per heavy atom. The summed E-state index contributed by atoms with van der Waals surface area (Å²) in [5, 5.41) is 3.85. The van der Waals surface area contributed by atoms with E-state index in [9.17, 15) is 0 Å². The second-order valence-corrected chi connectivity index (χ2v) is 4.81. The monoisotopic (exact) mass is 259 g/mol. The van der Waals surface area contributed by atoms with Crippen LogP contribution < -0.4 is 5.32 Å². The standard InChI is InChI=1S/C14H14ClN3/c1-16-13-10-6-4-8-12(10)17-14(18-13)9-5-2-3-7-11(9)15/h2-3,5,7H,4,6,8H2,1H3,(H,16,17,18). The summed E-state index contributed by atoms with van der Waals surface area (Å²) < 4.78 is 0. The van der Waals surface area contributed by atoms with Gasteiger partial charge in [0.2, 0.25) is 0 Å². The number of hydrogen-bond acceptors (Lipinski definition) is 3. The Bertz CT molecular complexity index is 596. The second-order valence-electron chi connectivity index (χ2n) is 4.40. The van der Waals surface area contributed by atoms with Gasteiger partial charge in [-0.25, -0.2) is 9.97 Å². The molecule has 18 heavy (non-hydrogen) atoms. The van der Waals surface area contributed by atoms with Gasteiger partial charge in [0.15, 0.2) is 5.82 Å². The molecule has 0 unspecified atom stereocenters. The maximum absolute atomic E-state index is 6.20. The van der Waals surface area contributed by atoms with Crippen molar-refractivity contribution in [1.82, 2.24) is 9.97 Å². The van der Waals surface area contributed by atoms with Crippen LogP contribution in [-0.4, -0.2) is 17.0 Å². The summed E-state index contributed by atoms with van der Waals surface area (Å²) in [5.74, 6) is 1.65. The van der Waals surface area contributed by atoms with Crippen molar-refractivity contribution in [2.75, 3.05) is 12.4 Å². The fourth-order valence-electron chi connectivity index (χ4n) is 2.40. The number of rotatable bonds is 2.